The van der Waals surface area contributed by atoms with E-state index in [1.54, 1.807) is 0 Å². The van der Waals surface area contributed by atoms with Crippen LogP contribution in [0.1, 0.15) is 15.9 Å². The minimum absolute atomic E-state index is 0.544. The average Bonchev–Trinajstić information content (AvgIpc) is 2.42. The normalized spacial score (nSPS) is 12.7. The third kappa shape index (κ3) is 3.95. The number of carbonyl (C=O) groups excluding carboxylic acids is 2. The van der Waals surface area contributed by atoms with Gasteiger partial charge in [-0.25, -0.2) is 4.79 Å². The Kier molecular flexibility index (Phi) is 5.09. The zero-order valence-electron chi connectivity index (χ0n) is 10.4. The third-order valence-corrected chi connectivity index (χ3v) is 2.41. The fourth-order valence-corrected chi connectivity index (χ4v) is 1.43. The molecule has 20 heavy (non-hydrogen) atoms. The van der Waals surface area contributed by atoms with Crippen LogP contribution in [0.5, 0.6) is 0 Å². The molecule has 0 aliphatic heterocycles. The van der Waals surface area contributed by atoms with E-state index in [1.165, 1.54) is 6.07 Å². The molecule has 0 bridgehead atoms. The summed E-state index contributed by atoms with van der Waals surface area (Å²) in [5.74, 6) is -2.03. The molecule has 0 aromatic heterocycles. The molecule has 0 radical (unpaired) electrons. The summed E-state index contributed by atoms with van der Waals surface area (Å²) in [6, 6.07) is 4.21. The van der Waals surface area contributed by atoms with Crippen molar-refractivity contribution in [3.63, 3.8) is 0 Å². The number of methoxy groups -OCH3 is 1. The number of nitrogens with one attached hydrogen (secondary N) is 1. The number of aliphatic hydroxyl groups excluding tert-OH is 1. The van der Waals surface area contributed by atoms with Crippen molar-refractivity contribution in [3.8, 4) is 0 Å². The highest BCUT2D eigenvalue weighted by Gasteiger charge is 2.34. The van der Waals surface area contributed by atoms with Crippen molar-refractivity contribution < 1.29 is 32.6 Å². The molecule has 0 aliphatic carbocycles. The van der Waals surface area contributed by atoms with Crippen LogP contribution in [0.3, 0.4) is 0 Å². The van der Waals surface area contributed by atoms with Gasteiger partial charge >= 0.3 is 12.1 Å². The lowest BCUT2D eigenvalue weighted by molar-refractivity contribution is -0.150. The summed E-state index contributed by atoms with van der Waals surface area (Å²) in [5.41, 5.74) is -1.68. The summed E-state index contributed by atoms with van der Waals surface area (Å²) < 4.78 is 42.3. The van der Waals surface area contributed by atoms with E-state index < -0.39 is 41.8 Å². The fraction of sp³-hybridized carbons (Fsp3) is 0.333. The van der Waals surface area contributed by atoms with Crippen LogP contribution >= 0.6 is 0 Å². The molecule has 1 amide bonds. The molecule has 5 nitrogen and oxygen atoms in total. The van der Waals surface area contributed by atoms with Gasteiger partial charge in [-0.15, -0.1) is 0 Å². The van der Waals surface area contributed by atoms with Crippen LogP contribution in [0.25, 0.3) is 0 Å². The van der Waals surface area contributed by atoms with Gasteiger partial charge in [-0.2, -0.15) is 13.2 Å². The van der Waals surface area contributed by atoms with E-state index in [2.05, 4.69) is 4.74 Å². The van der Waals surface area contributed by atoms with Crippen molar-refractivity contribution in [1.82, 2.24) is 5.32 Å². The predicted molar refractivity (Wildman–Crippen MR) is 61.8 cm³/mol. The van der Waals surface area contributed by atoms with Crippen LogP contribution in [0.4, 0.5) is 13.2 Å². The van der Waals surface area contributed by atoms with Crippen LogP contribution in [-0.4, -0.2) is 36.7 Å². The smallest absolute Gasteiger partial charge is 0.417 e. The SMILES string of the molecule is COC(=O)[C@@H](O)CNC(=O)c1ccccc1C(F)(F)F. The van der Waals surface area contributed by atoms with E-state index in [4.69, 9.17) is 0 Å². The zero-order chi connectivity index (χ0) is 15.3. The molecule has 1 atom stereocenters. The molecule has 1 aromatic carbocycles. The molecule has 0 fully saturated rings. The summed E-state index contributed by atoms with van der Waals surface area (Å²) in [7, 11) is 1.03. The molecular formula is C12H12F3NO4. The molecule has 110 valence electrons. The minimum Gasteiger partial charge on any atom is -0.467 e. The fourth-order valence-electron chi connectivity index (χ4n) is 1.43. The lowest BCUT2D eigenvalue weighted by Gasteiger charge is -2.13. The Labute approximate surface area is 112 Å². The second-order valence-corrected chi connectivity index (χ2v) is 3.79. The average molecular weight is 291 g/mol. The van der Waals surface area contributed by atoms with Gasteiger partial charge < -0.3 is 15.2 Å². The monoisotopic (exact) mass is 291 g/mol. The van der Waals surface area contributed by atoms with Crippen LogP contribution in [0, 0.1) is 0 Å². The van der Waals surface area contributed by atoms with Crippen molar-refractivity contribution in [2.24, 2.45) is 0 Å². The number of carbonyl (C=O) groups is 2. The van der Waals surface area contributed by atoms with E-state index in [0.717, 1.165) is 25.3 Å². The summed E-state index contributed by atoms with van der Waals surface area (Å²) in [4.78, 5) is 22.5. The van der Waals surface area contributed by atoms with Crippen molar-refractivity contribution in [2.75, 3.05) is 13.7 Å². The molecule has 0 spiro atoms. The van der Waals surface area contributed by atoms with E-state index in [0.29, 0.717) is 0 Å². The quantitative estimate of drug-likeness (QED) is 0.811. The highest BCUT2D eigenvalue weighted by molar-refractivity contribution is 5.96. The first-order chi connectivity index (χ1) is 9.27. The highest BCUT2D eigenvalue weighted by Crippen LogP contribution is 2.31. The lowest BCUT2D eigenvalue weighted by Crippen LogP contribution is -2.37. The standard InChI is InChI=1S/C12H12F3NO4/c1-20-11(19)9(17)6-16-10(18)7-4-2-3-5-8(7)12(13,14)15/h2-5,9,17H,6H2,1H3,(H,16,18)/t9-/m0/s1. The number of hydrogen-bond acceptors (Lipinski definition) is 4. The molecule has 0 unspecified atom stereocenters. The summed E-state index contributed by atoms with van der Waals surface area (Å²) in [5, 5.41) is 11.3. The van der Waals surface area contributed by atoms with Gasteiger partial charge in [-0.05, 0) is 12.1 Å². The summed E-state index contributed by atoms with van der Waals surface area (Å²) in [6.45, 7) is -0.544. The molecule has 0 saturated carbocycles. The van der Waals surface area contributed by atoms with E-state index in [1.807, 2.05) is 5.32 Å². The second kappa shape index (κ2) is 6.38. The number of amides is 1. The number of aliphatic hydroxyl groups is 1. The molecule has 0 aliphatic rings. The zero-order valence-corrected chi connectivity index (χ0v) is 10.4. The first-order valence-corrected chi connectivity index (χ1v) is 5.47. The van der Waals surface area contributed by atoms with Gasteiger partial charge in [-0.1, -0.05) is 12.1 Å². The van der Waals surface area contributed by atoms with Crippen LogP contribution in [0.2, 0.25) is 0 Å². The van der Waals surface area contributed by atoms with Gasteiger partial charge in [-0.3, -0.25) is 4.79 Å². The minimum atomic E-state index is -4.67. The molecule has 0 heterocycles. The summed E-state index contributed by atoms with van der Waals surface area (Å²) >= 11 is 0. The number of ether oxygens (including phenoxy) is 1. The molecule has 2 N–H and O–H groups in total. The topological polar surface area (TPSA) is 75.6 Å². The number of hydrogen-bond donors (Lipinski definition) is 2. The number of benzene rings is 1. The molecular weight excluding hydrogens is 279 g/mol. The lowest BCUT2D eigenvalue weighted by atomic mass is 10.1. The largest absolute Gasteiger partial charge is 0.467 e. The van der Waals surface area contributed by atoms with E-state index >= 15 is 0 Å². The highest BCUT2D eigenvalue weighted by atomic mass is 19.4. The molecule has 0 saturated heterocycles. The Hall–Kier alpha value is -2.09. The van der Waals surface area contributed by atoms with Gasteiger partial charge in [0, 0.05) is 0 Å². The van der Waals surface area contributed by atoms with E-state index in [9.17, 15) is 27.9 Å². The Balaban J connectivity index is 2.81. The molecule has 1 aromatic rings. The third-order valence-electron chi connectivity index (χ3n) is 2.41. The van der Waals surface area contributed by atoms with Gasteiger partial charge in [0.15, 0.2) is 6.10 Å². The number of esters is 1. The Morgan fingerprint density at radius 2 is 1.95 bits per heavy atom. The molecule has 8 heteroatoms. The van der Waals surface area contributed by atoms with Crippen molar-refractivity contribution in [2.45, 2.75) is 12.3 Å². The summed E-state index contributed by atoms with van der Waals surface area (Å²) in [6.07, 6.45) is -6.31. The van der Waals surface area contributed by atoms with Crippen molar-refractivity contribution >= 4 is 11.9 Å². The maximum Gasteiger partial charge on any atom is 0.417 e. The number of halogens is 3. The van der Waals surface area contributed by atoms with Gasteiger partial charge in [0.1, 0.15) is 0 Å². The Morgan fingerprint density at radius 1 is 1.35 bits per heavy atom. The van der Waals surface area contributed by atoms with Gasteiger partial charge in [0.25, 0.3) is 5.91 Å². The Bertz CT molecular complexity index is 502. The van der Waals surface area contributed by atoms with Crippen molar-refractivity contribution in [1.29, 1.82) is 0 Å². The first-order valence-electron chi connectivity index (χ1n) is 5.47. The van der Waals surface area contributed by atoms with Crippen LogP contribution < -0.4 is 5.32 Å². The maximum atomic E-state index is 12.7. The first kappa shape index (κ1) is 16.0. The van der Waals surface area contributed by atoms with Gasteiger partial charge in [0.05, 0.1) is 24.8 Å². The maximum absolute atomic E-state index is 12.7. The predicted octanol–water partition coefficient (Wildman–Crippen LogP) is 0.969. The second-order valence-electron chi connectivity index (χ2n) is 3.79. The number of rotatable bonds is 4. The number of alkyl halides is 3. The van der Waals surface area contributed by atoms with Gasteiger partial charge in [0.2, 0.25) is 0 Å². The van der Waals surface area contributed by atoms with Crippen LogP contribution in [-0.2, 0) is 15.7 Å². The van der Waals surface area contributed by atoms with Crippen LogP contribution in [0.15, 0.2) is 24.3 Å². The van der Waals surface area contributed by atoms with E-state index in [-0.39, 0.29) is 0 Å². The van der Waals surface area contributed by atoms with Crippen molar-refractivity contribution in [3.05, 3.63) is 35.4 Å². The Morgan fingerprint density at radius 3 is 2.50 bits per heavy atom. The molecule has 1 rings (SSSR count).